The van der Waals surface area contributed by atoms with Crippen molar-refractivity contribution < 1.29 is 19.1 Å². The number of halogens is 1. The van der Waals surface area contributed by atoms with Crippen molar-refractivity contribution in [1.29, 1.82) is 0 Å². The summed E-state index contributed by atoms with van der Waals surface area (Å²) in [6, 6.07) is 7.54. The predicted molar refractivity (Wildman–Crippen MR) is 73.6 cm³/mol. The zero-order valence-corrected chi connectivity index (χ0v) is 11.3. The van der Waals surface area contributed by atoms with Crippen LogP contribution in [0.5, 0.6) is 0 Å². The van der Waals surface area contributed by atoms with E-state index in [1.54, 1.807) is 12.2 Å². The molecule has 0 aliphatic carbocycles. The first-order valence-corrected chi connectivity index (χ1v) is 6.71. The fraction of sp³-hybridized carbons (Fsp3) is 0.267. The van der Waals surface area contributed by atoms with Crippen molar-refractivity contribution in [3.05, 3.63) is 59.1 Å². The number of hydrogen-bond acceptors (Lipinski definition) is 3. The molecule has 0 unspecified atom stereocenters. The van der Waals surface area contributed by atoms with Crippen LogP contribution in [-0.4, -0.2) is 34.4 Å². The highest BCUT2D eigenvalue weighted by atomic mass is 19.2. The molecule has 1 aromatic rings. The highest BCUT2D eigenvalue weighted by Crippen LogP contribution is 2.27. The highest BCUT2D eigenvalue weighted by Gasteiger charge is 2.30. The van der Waals surface area contributed by atoms with Gasteiger partial charge in [-0.25, -0.2) is 4.79 Å². The third kappa shape index (κ3) is 2.56. The first-order chi connectivity index (χ1) is 10.2. The van der Waals surface area contributed by atoms with E-state index in [-0.39, 0.29) is 24.7 Å². The third-order valence-corrected chi connectivity index (χ3v) is 3.55. The van der Waals surface area contributed by atoms with E-state index in [0.29, 0.717) is 18.1 Å². The molecule has 0 radical (unpaired) electrons. The molecule has 1 amide bonds. The first-order valence-electron chi connectivity index (χ1n) is 6.71. The van der Waals surface area contributed by atoms with E-state index in [1.165, 1.54) is 0 Å². The van der Waals surface area contributed by atoms with Crippen molar-refractivity contribution >= 4 is 6.09 Å². The van der Waals surface area contributed by atoms with Gasteiger partial charge in [0.2, 0.25) is 0 Å². The van der Waals surface area contributed by atoms with Gasteiger partial charge in [0.15, 0.2) is 11.6 Å². The van der Waals surface area contributed by atoms with Crippen molar-refractivity contribution in [1.82, 2.24) is 10.0 Å². The molecule has 6 heteroatoms. The van der Waals surface area contributed by atoms with Gasteiger partial charge in [0, 0.05) is 6.42 Å². The number of hydrogen-bond donors (Lipinski definition) is 1. The molecular formula is C15H15FN2O3. The molecule has 2 aliphatic heterocycles. The molecule has 3 rings (SSSR count). The molecule has 0 spiro atoms. The summed E-state index contributed by atoms with van der Waals surface area (Å²) >= 11 is 0. The number of carboxylic acid groups (broad SMARTS) is 1. The quantitative estimate of drug-likeness (QED) is 0.746. The maximum absolute atomic E-state index is 14.1. The Labute approximate surface area is 121 Å². The van der Waals surface area contributed by atoms with E-state index >= 15 is 0 Å². The Bertz CT molecular complexity index is 627. The minimum atomic E-state index is -1.21. The molecule has 0 saturated heterocycles. The summed E-state index contributed by atoms with van der Waals surface area (Å²) in [7, 11) is 0. The molecule has 0 atom stereocenters. The van der Waals surface area contributed by atoms with Gasteiger partial charge in [-0.15, -0.1) is 0 Å². The van der Waals surface area contributed by atoms with Crippen LogP contribution in [-0.2, 0) is 17.7 Å². The van der Waals surface area contributed by atoms with Gasteiger partial charge in [0.25, 0.3) is 0 Å². The van der Waals surface area contributed by atoms with Crippen LogP contribution in [0.25, 0.3) is 0 Å². The van der Waals surface area contributed by atoms with Crippen LogP contribution >= 0.6 is 0 Å². The summed E-state index contributed by atoms with van der Waals surface area (Å²) in [5.74, 6) is 0.195. The van der Waals surface area contributed by atoms with E-state index in [9.17, 15) is 14.4 Å². The molecule has 110 valence electrons. The van der Waals surface area contributed by atoms with Crippen LogP contribution < -0.4 is 0 Å². The lowest BCUT2D eigenvalue weighted by Crippen LogP contribution is -2.37. The van der Waals surface area contributed by atoms with Gasteiger partial charge in [-0.1, -0.05) is 34.8 Å². The zero-order valence-electron chi connectivity index (χ0n) is 11.3. The Morgan fingerprint density at radius 1 is 1.29 bits per heavy atom. The summed E-state index contributed by atoms with van der Waals surface area (Å²) in [6.07, 6.45) is 2.67. The monoisotopic (exact) mass is 290 g/mol. The molecule has 2 aliphatic rings. The predicted octanol–water partition coefficient (Wildman–Crippen LogP) is 2.66. The smallest absolute Gasteiger partial charge is 0.413 e. The van der Waals surface area contributed by atoms with Crippen LogP contribution in [0.1, 0.15) is 11.1 Å². The number of ether oxygens (including phenoxy) is 1. The van der Waals surface area contributed by atoms with E-state index < -0.39 is 6.09 Å². The second-order valence-electron chi connectivity index (χ2n) is 4.87. The van der Waals surface area contributed by atoms with E-state index in [4.69, 9.17) is 4.74 Å². The van der Waals surface area contributed by atoms with Gasteiger partial charge >= 0.3 is 6.09 Å². The van der Waals surface area contributed by atoms with E-state index in [1.807, 2.05) is 24.3 Å². The third-order valence-electron chi connectivity index (χ3n) is 3.55. The Kier molecular flexibility index (Phi) is 3.51. The number of nitrogens with zero attached hydrogens (tertiary/aromatic N) is 2. The van der Waals surface area contributed by atoms with Gasteiger partial charge in [0.1, 0.15) is 0 Å². The fourth-order valence-corrected chi connectivity index (χ4v) is 2.54. The van der Waals surface area contributed by atoms with Crippen molar-refractivity contribution in [2.75, 3.05) is 13.2 Å². The maximum Gasteiger partial charge on any atom is 0.413 e. The van der Waals surface area contributed by atoms with Crippen molar-refractivity contribution in [3.63, 3.8) is 0 Å². The molecule has 1 aromatic carbocycles. The molecule has 5 nitrogen and oxygen atoms in total. The Morgan fingerprint density at radius 2 is 2.05 bits per heavy atom. The number of benzene rings is 1. The molecule has 0 fully saturated rings. The number of fused-ring (bicyclic) bond motifs is 1. The number of allylic oxidation sites excluding steroid dienone is 1. The van der Waals surface area contributed by atoms with Crippen LogP contribution in [0.15, 0.2) is 48.0 Å². The van der Waals surface area contributed by atoms with Gasteiger partial charge in [0.05, 0.1) is 19.7 Å². The fourth-order valence-electron chi connectivity index (χ4n) is 2.54. The van der Waals surface area contributed by atoms with E-state index in [0.717, 1.165) is 16.0 Å². The standard InChI is InChI=1S/C15H15FN2O3/c16-18-8-3-6-13-14(18)17(15(19)20)10-12-5-2-1-4-11(12)7-9-21-13/h1-6H,7-10H2,(H,19,20). The largest absolute Gasteiger partial charge is 0.489 e. The van der Waals surface area contributed by atoms with Crippen LogP contribution in [0.3, 0.4) is 0 Å². The second-order valence-corrected chi connectivity index (χ2v) is 4.87. The highest BCUT2D eigenvalue weighted by molar-refractivity contribution is 5.68. The zero-order chi connectivity index (χ0) is 14.8. The minimum Gasteiger partial charge on any atom is -0.489 e. The summed E-state index contributed by atoms with van der Waals surface area (Å²) in [6.45, 7) is 0.483. The summed E-state index contributed by atoms with van der Waals surface area (Å²) < 4.78 is 19.7. The Morgan fingerprint density at radius 3 is 2.81 bits per heavy atom. The average Bonchev–Trinajstić information content (AvgIpc) is 2.54. The Balaban J connectivity index is 2.07. The van der Waals surface area contributed by atoms with Crippen LogP contribution in [0.4, 0.5) is 9.28 Å². The topological polar surface area (TPSA) is 53.0 Å². The van der Waals surface area contributed by atoms with Gasteiger partial charge < -0.3 is 9.84 Å². The normalized spacial score (nSPS) is 18.1. The molecular weight excluding hydrogens is 275 g/mol. The molecule has 0 saturated carbocycles. The van der Waals surface area contributed by atoms with Gasteiger partial charge in [-0.2, -0.15) is 5.12 Å². The summed E-state index contributed by atoms with van der Waals surface area (Å²) in [5, 5.41) is 9.85. The summed E-state index contributed by atoms with van der Waals surface area (Å²) in [5.41, 5.74) is 1.87. The van der Waals surface area contributed by atoms with Gasteiger partial charge in [-0.3, -0.25) is 4.90 Å². The molecule has 21 heavy (non-hydrogen) atoms. The molecule has 1 N–H and O–H groups in total. The average molecular weight is 290 g/mol. The van der Waals surface area contributed by atoms with Crippen molar-refractivity contribution in [2.45, 2.75) is 13.0 Å². The lowest BCUT2D eigenvalue weighted by molar-refractivity contribution is 0.0228. The van der Waals surface area contributed by atoms with Crippen molar-refractivity contribution in [2.24, 2.45) is 0 Å². The minimum absolute atomic E-state index is 0.00756. The van der Waals surface area contributed by atoms with Crippen LogP contribution in [0.2, 0.25) is 0 Å². The second kappa shape index (κ2) is 5.47. The number of carbonyl (C=O) groups is 1. The molecule has 0 aromatic heterocycles. The maximum atomic E-state index is 14.1. The van der Waals surface area contributed by atoms with E-state index in [2.05, 4.69) is 0 Å². The SMILES string of the molecule is O=C(O)N1Cc2ccccc2CCOC2=C1N(F)CC=C2. The lowest BCUT2D eigenvalue weighted by Gasteiger charge is -2.29. The molecule has 2 heterocycles. The first kappa shape index (κ1) is 13.5. The lowest BCUT2D eigenvalue weighted by atomic mass is 10.0. The number of amides is 1. The van der Waals surface area contributed by atoms with Crippen LogP contribution in [0, 0.1) is 0 Å². The number of rotatable bonds is 0. The van der Waals surface area contributed by atoms with Crippen molar-refractivity contribution in [3.8, 4) is 0 Å². The van der Waals surface area contributed by atoms with Gasteiger partial charge in [-0.05, 0) is 17.2 Å². The summed E-state index contributed by atoms with van der Waals surface area (Å²) in [4.78, 5) is 12.5. The Hall–Kier alpha value is -2.50. The molecule has 0 bridgehead atoms.